The third-order valence-corrected chi connectivity index (χ3v) is 9.17. The normalized spacial score (nSPS) is 12.3. The van der Waals surface area contributed by atoms with Crippen LogP contribution < -0.4 is 20.1 Å². The van der Waals surface area contributed by atoms with Gasteiger partial charge in [0.25, 0.3) is 0 Å². The van der Waals surface area contributed by atoms with Gasteiger partial charge in [0.05, 0.1) is 19.8 Å². The molecule has 12 heteroatoms. The molecule has 0 radical (unpaired) electrons. The predicted molar refractivity (Wildman–Crippen MR) is 200 cm³/mol. The van der Waals surface area contributed by atoms with E-state index >= 15 is 0 Å². The van der Waals surface area contributed by atoms with Crippen molar-refractivity contribution in [3.63, 3.8) is 0 Å². The van der Waals surface area contributed by atoms with Gasteiger partial charge >= 0.3 is 19.9 Å². The number of carbonyl (C=O) groups excluding carboxylic acids is 2. The van der Waals surface area contributed by atoms with Crippen molar-refractivity contribution in [1.29, 1.82) is 0 Å². The zero-order valence-electron chi connectivity index (χ0n) is 29.6. The summed E-state index contributed by atoms with van der Waals surface area (Å²) in [5.41, 5.74) is 7.61. The number of benzene rings is 5. The Kier molecular flexibility index (Phi) is 14.2. The number of hydrogen-bond acceptors (Lipinski definition) is 10. The predicted octanol–water partition coefficient (Wildman–Crippen LogP) is 8.48. The minimum atomic E-state index is -4.26. The Hall–Kier alpha value is -5.45. The summed E-state index contributed by atoms with van der Waals surface area (Å²) in [4.78, 5) is 25.9. The topological polar surface area (TPSA) is 131 Å². The molecule has 0 bridgehead atoms. The summed E-state index contributed by atoms with van der Waals surface area (Å²) in [5.74, 6) is -0.310. The van der Waals surface area contributed by atoms with Gasteiger partial charge in [-0.05, 0) is 53.8 Å². The van der Waals surface area contributed by atoms with Crippen molar-refractivity contribution in [2.45, 2.75) is 52.2 Å². The molecule has 5 aromatic rings. The van der Waals surface area contributed by atoms with E-state index in [1.54, 1.807) is 32.0 Å². The van der Waals surface area contributed by atoms with Crippen LogP contribution in [0, 0.1) is 0 Å². The third-order valence-electron chi connectivity index (χ3n) is 7.86. The maximum atomic E-state index is 14.3. The van der Waals surface area contributed by atoms with Crippen LogP contribution in [-0.4, -0.2) is 24.2 Å². The highest BCUT2D eigenvalue weighted by molar-refractivity contribution is 7.48. The summed E-state index contributed by atoms with van der Waals surface area (Å²) in [7, 11) is -4.26. The van der Waals surface area contributed by atoms with Crippen LogP contribution in [-0.2, 0) is 60.7 Å². The largest absolute Gasteiger partial charge is 0.530 e. The van der Waals surface area contributed by atoms with Crippen molar-refractivity contribution in [1.82, 2.24) is 10.9 Å². The summed E-state index contributed by atoms with van der Waals surface area (Å²) in [6, 6.07) is 42.2. The van der Waals surface area contributed by atoms with Crippen LogP contribution in [0.25, 0.3) is 0 Å². The molecule has 0 saturated heterocycles. The van der Waals surface area contributed by atoms with Crippen molar-refractivity contribution in [3.05, 3.63) is 167 Å². The van der Waals surface area contributed by atoms with Gasteiger partial charge in [-0.2, -0.15) is 0 Å². The number of phosphoric ester groups is 1. The number of ether oxygens (including phenoxy) is 3. The van der Waals surface area contributed by atoms with Crippen LogP contribution in [0.4, 0.5) is 4.79 Å². The van der Waals surface area contributed by atoms with E-state index in [4.69, 9.17) is 27.8 Å². The minimum Gasteiger partial charge on any atom is -0.485 e. The van der Waals surface area contributed by atoms with Gasteiger partial charge in [0.15, 0.2) is 11.5 Å². The SMILES string of the molecule is CCOC(=O)NN[C@@](C)(Cc1ccc(OP(=O)(OCc2ccccc2)OCc2ccccc2)c(OCc2ccccc2)c1)C(=O)OCc1ccccc1. The lowest BCUT2D eigenvalue weighted by Crippen LogP contribution is -2.59. The Morgan fingerprint density at radius 3 is 1.60 bits per heavy atom. The van der Waals surface area contributed by atoms with Gasteiger partial charge in [0.2, 0.25) is 0 Å². The van der Waals surface area contributed by atoms with E-state index in [-0.39, 0.29) is 51.0 Å². The molecule has 2 N–H and O–H groups in total. The molecule has 0 unspecified atom stereocenters. The van der Waals surface area contributed by atoms with E-state index in [1.807, 2.05) is 121 Å². The Morgan fingerprint density at radius 1 is 0.604 bits per heavy atom. The van der Waals surface area contributed by atoms with E-state index in [0.29, 0.717) is 5.56 Å². The average molecular weight is 739 g/mol. The summed E-state index contributed by atoms with van der Waals surface area (Å²) >= 11 is 0. The number of hydrazine groups is 1. The highest BCUT2D eigenvalue weighted by Gasteiger charge is 2.37. The maximum Gasteiger partial charge on any atom is 0.530 e. The highest BCUT2D eigenvalue weighted by Crippen LogP contribution is 2.53. The molecule has 0 fully saturated rings. The van der Waals surface area contributed by atoms with Crippen LogP contribution >= 0.6 is 7.82 Å². The average Bonchev–Trinajstić information content (AvgIpc) is 3.19. The first-order valence-corrected chi connectivity index (χ1v) is 18.6. The molecule has 0 aliphatic carbocycles. The molecular weight excluding hydrogens is 695 g/mol. The van der Waals surface area contributed by atoms with Crippen LogP contribution in [0.2, 0.25) is 0 Å². The fourth-order valence-electron chi connectivity index (χ4n) is 5.07. The van der Waals surface area contributed by atoms with Crippen molar-refractivity contribution in [2.24, 2.45) is 0 Å². The van der Waals surface area contributed by atoms with Crippen LogP contribution in [0.3, 0.4) is 0 Å². The first-order valence-electron chi connectivity index (χ1n) is 17.1. The van der Waals surface area contributed by atoms with Crippen LogP contribution in [0.1, 0.15) is 41.7 Å². The molecule has 0 saturated carbocycles. The third kappa shape index (κ3) is 12.3. The molecule has 5 aromatic carbocycles. The van der Waals surface area contributed by atoms with E-state index in [2.05, 4.69) is 10.9 Å². The number of amides is 1. The number of phosphoric acid groups is 1. The minimum absolute atomic E-state index is 0.0236. The van der Waals surface area contributed by atoms with E-state index in [0.717, 1.165) is 22.3 Å². The quantitative estimate of drug-likeness (QED) is 0.0483. The number of carbonyl (C=O) groups is 2. The monoisotopic (exact) mass is 738 g/mol. The molecule has 276 valence electrons. The molecule has 1 atom stereocenters. The van der Waals surface area contributed by atoms with Gasteiger partial charge in [0.1, 0.15) is 18.8 Å². The lowest BCUT2D eigenvalue weighted by atomic mass is 9.93. The zero-order valence-corrected chi connectivity index (χ0v) is 30.5. The Balaban J connectivity index is 1.43. The molecule has 1 amide bonds. The van der Waals surface area contributed by atoms with Crippen molar-refractivity contribution in [2.75, 3.05) is 6.61 Å². The fourth-order valence-corrected chi connectivity index (χ4v) is 6.25. The molecular formula is C41H43N2O9P. The van der Waals surface area contributed by atoms with E-state index in [1.165, 1.54) is 0 Å². The van der Waals surface area contributed by atoms with E-state index < -0.39 is 25.4 Å². The fraction of sp³-hybridized carbons (Fsp3) is 0.220. The Bertz CT molecular complexity index is 1890. The van der Waals surface area contributed by atoms with Gasteiger partial charge in [-0.1, -0.05) is 127 Å². The zero-order chi connectivity index (χ0) is 37.4. The highest BCUT2D eigenvalue weighted by atomic mass is 31.2. The maximum absolute atomic E-state index is 14.3. The molecule has 0 heterocycles. The lowest BCUT2D eigenvalue weighted by Gasteiger charge is -2.29. The second kappa shape index (κ2) is 19.4. The molecule has 0 spiro atoms. The number of esters is 1. The van der Waals surface area contributed by atoms with Crippen molar-refractivity contribution in [3.8, 4) is 11.5 Å². The molecule has 11 nitrogen and oxygen atoms in total. The summed E-state index contributed by atoms with van der Waals surface area (Å²) in [6.45, 7) is 3.52. The standard InChI is InChI=1S/C41H43N2O9P/c1-3-47-40(45)42-43-41(2,39(44)49-29-33-18-10-5-11-19-33)27-36-24-25-37(38(26-36)48-28-32-16-8-4-9-17-32)52-53(46,50-30-34-20-12-6-13-21-34)51-31-35-22-14-7-15-23-35/h4-26,43H,3,27-31H2,1-2H3,(H,42,45)/t41-/m0/s1. The number of rotatable bonds is 19. The first kappa shape index (κ1) is 38.8. The van der Waals surface area contributed by atoms with Crippen LogP contribution in [0.15, 0.2) is 140 Å². The first-order chi connectivity index (χ1) is 25.7. The summed E-state index contributed by atoms with van der Waals surface area (Å²) in [5, 5.41) is 0. The number of nitrogens with one attached hydrogen (secondary N) is 2. The summed E-state index contributed by atoms with van der Waals surface area (Å²) < 4.78 is 49.1. The van der Waals surface area contributed by atoms with Crippen molar-refractivity contribution < 1.29 is 41.9 Å². The Labute approximate surface area is 309 Å². The van der Waals surface area contributed by atoms with E-state index in [9.17, 15) is 14.2 Å². The van der Waals surface area contributed by atoms with Gasteiger partial charge < -0.3 is 18.7 Å². The van der Waals surface area contributed by atoms with Gasteiger partial charge in [-0.3, -0.25) is 14.5 Å². The smallest absolute Gasteiger partial charge is 0.485 e. The van der Waals surface area contributed by atoms with Crippen LogP contribution in [0.5, 0.6) is 11.5 Å². The van der Waals surface area contributed by atoms with Gasteiger partial charge in [-0.25, -0.2) is 19.6 Å². The van der Waals surface area contributed by atoms with Crippen molar-refractivity contribution >= 4 is 19.9 Å². The molecule has 53 heavy (non-hydrogen) atoms. The summed E-state index contributed by atoms with van der Waals surface area (Å²) in [6.07, 6.45) is -0.728. The number of hydrogen-bond donors (Lipinski definition) is 2. The molecule has 5 rings (SSSR count). The Morgan fingerprint density at radius 2 is 1.09 bits per heavy atom. The van der Waals surface area contributed by atoms with Gasteiger partial charge in [-0.15, -0.1) is 0 Å². The second-order valence-corrected chi connectivity index (χ2v) is 13.7. The molecule has 0 aliphatic rings. The van der Waals surface area contributed by atoms with Gasteiger partial charge in [0, 0.05) is 6.42 Å². The molecule has 0 aromatic heterocycles. The molecule has 0 aliphatic heterocycles. The second-order valence-electron chi connectivity index (χ2n) is 12.2. The lowest BCUT2D eigenvalue weighted by molar-refractivity contribution is -0.152.